The summed E-state index contributed by atoms with van der Waals surface area (Å²) in [6.07, 6.45) is -0.0214. The molecule has 8 nitrogen and oxygen atoms in total. The zero-order valence-corrected chi connectivity index (χ0v) is 15.7. The summed E-state index contributed by atoms with van der Waals surface area (Å²) in [6.45, 7) is 1.96. The number of ether oxygens (including phenoxy) is 3. The molecule has 2 amide bonds. The quantitative estimate of drug-likeness (QED) is 0.683. The second kappa shape index (κ2) is 9.33. The number of esters is 1. The highest BCUT2D eigenvalue weighted by atomic mass is 32.2. The molecule has 1 heterocycles. The van der Waals surface area contributed by atoms with Gasteiger partial charge in [-0.3, -0.25) is 9.59 Å². The number of hydrogen-bond acceptors (Lipinski definition) is 7. The molecule has 2 unspecified atom stereocenters. The Kier molecular flexibility index (Phi) is 7.14. The van der Waals surface area contributed by atoms with Crippen LogP contribution in [0.2, 0.25) is 0 Å². The predicted molar refractivity (Wildman–Crippen MR) is 97.6 cm³/mol. The van der Waals surface area contributed by atoms with Crippen molar-refractivity contribution in [3.8, 4) is 11.5 Å². The third-order valence-corrected chi connectivity index (χ3v) is 5.00. The molecule has 26 heavy (non-hydrogen) atoms. The van der Waals surface area contributed by atoms with Crippen molar-refractivity contribution < 1.29 is 28.6 Å². The topological polar surface area (TPSA) is 103 Å². The first-order valence-electron chi connectivity index (χ1n) is 8.09. The van der Waals surface area contributed by atoms with Gasteiger partial charge in [-0.05, 0) is 19.1 Å². The van der Waals surface area contributed by atoms with Gasteiger partial charge in [-0.15, -0.1) is 11.8 Å². The molecular weight excluding hydrogens is 360 g/mol. The Labute approximate surface area is 155 Å². The van der Waals surface area contributed by atoms with E-state index in [0.717, 1.165) is 0 Å². The standard InChI is InChI=1S/C17H22N2O6S/c1-4-25-17(22)12-9-26-14(16(21)19-12)8-15(20)18-11-7-10(23-2)5-6-13(11)24-3/h5-7,12,14H,4,8-9H2,1-3H3,(H,18,20)(H,19,21). The molecule has 0 aliphatic carbocycles. The van der Waals surface area contributed by atoms with Crippen LogP contribution in [0.1, 0.15) is 13.3 Å². The Bertz CT molecular complexity index is 681. The van der Waals surface area contributed by atoms with Crippen molar-refractivity contribution in [3.05, 3.63) is 18.2 Å². The van der Waals surface area contributed by atoms with Gasteiger partial charge in [-0.1, -0.05) is 0 Å². The van der Waals surface area contributed by atoms with Gasteiger partial charge in [0, 0.05) is 18.2 Å². The molecule has 2 rings (SSSR count). The molecule has 9 heteroatoms. The van der Waals surface area contributed by atoms with Crippen LogP contribution in [0.3, 0.4) is 0 Å². The number of amides is 2. The maximum atomic E-state index is 12.3. The molecule has 0 aromatic heterocycles. The van der Waals surface area contributed by atoms with E-state index in [-0.39, 0.29) is 24.8 Å². The number of anilines is 1. The average Bonchev–Trinajstić information content (AvgIpc) is 2.63. The molecule has 1 aromatic carbocycles. The normalized spacial score (nSPS) is 19.3. The monoisotopic (exact) mass is 382 g/mol. The highest BCUT2D eigenvalue weighted by molar-refractivity contribution is 8.00. The molecule has 0 radical (unpaired) electrons. The summed E-state index contributed by atoms with van der Waals surface area (Å²) < 4.78 is 15.3. The Morgan fingerprint density at radius 2 is 2.08 bits per heavy atom. The van der Waals surface area contributed by atoms with Gasteiger partial charge in [0.05, 0.1) is 31.8 Å². The fourth-order valence-electron chi connectivity index (χ4n) is 2.40. The lowest BCUT2D eigenvalue weighted by Gasteiger charge is -2.27. The number of thioether (sulfide) groups is 1. The fourth-order valence-corrected chi connectivity index (χ4v) is 3.53. The lowest BCUT2D eigenvalue weighted by atomic mass is 10.2. The lowest BCUT2D eigenvalue weighted by Crippen LogP contribution is -2.51. The van der Waals surface area contributed by atoms with Crippen molar-refractivity contribution in [3.63, 3.8) is 0 Å². The molecule has 1 aliphatic heterocycles. The van der Waals surface area contributed by atoms with Crippen molar-refractivity contribution in [2.75, 3.05) is 31.9 Å². The number of methoxy groups -OCH3 is 2. The summed E-state index contributed by atoms with van der Waals surface area (Å²) in [7, 11) is 3.02. The van der Waals surface area contributed by atoms with Gasteiger partial charge in [-0.2, -0.15) is 0 Å². The molecule has 1 aromatic rings. The van der Waals surface area contributed by atoms with E-state index in [4.69, 9.17) is 14.2 Å². The smallest absolute Gasteiger partial charge is 0.329 e. The minimum atomic E-state index is -0.676. The van der Waals surface area contributed by atoms with Crippen LogP contribution in [0.25, 0.3) is 0 Å². The Morgan fingerprint density at radius 3 is 2.69 bits per heavy atom. The SMILES string of the molecule is CCOC(=O)C1CSC(CC(=O)Nc2cc(OC)ccc2OC)C(=O)N1. The van der Waals surface area contributed by atoms with Crippen LogP contribution in [0.5, 0.6) is 11.5 Å². The molecule has 0 bridgehead atoms. The molecule has 2 atom stereocenters. The lowest BCUT2D eigenvalue weighted by molar-refractivity contribution is -0.146. The maximum Gasteiger partial charge on any atom is 0.329 e. The van der Waals surface area contributed by atoms with E-state index in [1.54, 1.807) is 25.1 Å². The van der Waals surface area contributed by atoms with Crippen molar-refractivity contribution in [1.82, 2.24) is 5.32 Å². The van der Waals surface area contributed by atoms with Gasteiger partial charge < -0.3 is 24.8 Å². The third kappa shape index (κ3) is 5.04. The highest BCUT2D eigenvalue weighted by Crippen LogP contribution is 2.29. The van der Waals surface area contributed by atoms with Crippen molar-refractivity contribution in [1.29, 1.82) is 0 Å². The molecule has 1 aliphatic rings. The number of carbonyl (C=O) groups excluding carboxylic acids is 3. The van der Waals surface area contributed by atoms with Crippen LogP contribution >= 0.6 is 11.8 Å². The van der Waals surface area contributed by atoms with E-state index in [1.807, 2.05) is 0 Å². The Morgan fingerprint density at radius 1 is 1.31 bits per heavy atom. The summed E-state index contributed by atoms with van der Waals surface area (Å²) in [5.74, 6) is 0.277. The number of hydrogen-bond donors (Lipinski definition) is 2. The molecule has 1 saturated heterocycles. The van der Waals surface area contributed by atoms with Crippen molar-refractivity contribution >= 4 is 35.2 Å². The third-order valence-electron chi connectivity index (χ3n) is 3.70. The minimum absolute atomic E-state index is 0.0214. The summed E-state index contributed by atoms with van der Waals surface area (Å²) in [6, 6.07) is 4.36. The Hall–Kier alpha value is -2.42. The molecule has 1 fully saturated rings. The highest BCUT2D eigenvalue weighted by Gasteiger charge is 2.34. The molecule has 142 valence electrons. The van der Waals surface area contributed by atoms with Crippen LogP contribution < -0.4 is 20.1 Å². The minimum Gasteiger partial charge on any atom is -0.497 e. The van der Waals surface area contributed by atoms with Gasteiger partial charge in [0.25, 0.3) is 0 Å². The van der Waals surface area contributed by atoms with Crippen molar-refractivity contribution in [2.24, 2.45) is 0 Å². The van der Waals surface area contributed by atoms with Crippen LogP contribution in [-0.4, -0.2) is 55.7 Å². The average molecular weight is 382 g/mol. The van der Waals surface area contributed by atoms with E-state index in [0.29, 0.717) is 22.9 Å². The molecule has 0 saturated carbocycles. The molecular formula is C17H22N2O6S. The predicted octanol–water partition coefficient (Wildman–Crippen LogP) is 1.20. The zero-order valence-electron chi connectivity index (χ0n) is 14.9. The first-order valence-corrected chi connectivity index (χ1v) is 9.13. The van der Waals surface area contributed by atoms with E-state index < -0.39 is 17.3 Å². The van der Waals surface area contributed by atoms with Gasteiger partial charge in [0.1, 0.15) is 17.5 Å². The largest absolute Gasteiger partial charge is 0.497 e. The molecule has 0 spiro atoms. The zero-order chi connectivity index (χ0) is 19.1. The number of nitrogens with one attached hydrogen (secondary N) is 2. The summed E-state index contributed by atoms with van der Waals surface area (Å²) in [5.41, 5.74) is 0.461. The summed E-state index contributed by atoms with van der Waals surface area (Å²) >= 11 is 1.26. The first-order chi connectivity index (χ1) is 12.5. The molecule has 2 N–H and O–H groups in total. The van der Waals surface area contributed by atoms with Crippen LogP contribution in [0.4, 0.5) is 5.69 Å². The first kappa shape index (κ1) is 19.9. The summed E-state index contributed by atoms with van der Waals surface area (Å²) in [4.78, 5) is 36.2. The van der Waals surface area contributed by atoms with Crippen LogP contribution in [-0.2, 0) is 19.1 Å². The second-order valence-electron chi connectivity index (χ2n) is 5.45. The maximum absolute atomic E-state index is 12.3. The number of benzene rings is 1. The van der Waals surface area contributed by atoms with Crippen LogP contribution in [0.15, 0.2) is 18.2 Å². The van der Waals surface area contributed by atoms with Crippen molar-refractivity contribution in [2.45, 2.75) is 24.6 Å². The van der Waals surface area contributed by atoms with Gasteiger partial charge in [0.15, 0.2) is 0 Å². The van der Waals surface area contributed by atoms with Crippen LogP contribution in [0, 0.1) is 0 Å². The Balaban J connectivity index is 1.94. The van der Waals surface area contributed by atoms with E-state index >= 15 is 0 Å². The fraction of sp³-hybridized carbons (Fsp3) is 0.471. The van der Waals surface area contributed by atoms with Gasteiger partial charge in [0.2, 0.25) is 11.8 Å². The van der Waals surface area contributed by atoms with E-state index in [9.17, 15) is 14.4 Å². The van der Waals surface area contributed by atoms with E-state index in [2.05, 4.69) is 10.6 Å². The second-order valence-corrected chi connectivity index (χ2v) is 6.69. The number of carbonyl (C=O) groups is 3. The summed E-state index contributed by atoms with van der Waals surface area (Å²) in [5, 5.41) is 4.76. The number of rotatable bonds is 7. The van der Waals surface area contributed by atoms with Gasteiger partial charge >= 0.3 is 5.97 Å². The van der Waals surface area contributed by atoms with Gasteiger partial charge in [-0.25, -0.2) is 4.79 Å². The van der Waals surface area contributed by atoms with E-state index in [1.165, 1.54) is 26.0 Å².